The maximum absolute atomic E-state index is 11.9. The van der Waals surface area contributed by atoms with Crippen LogP contribution >= 0.6 is 0 Å². The average Bonchev–Trinajstić information content (AvgIpc) is 2.66. The van der Waals surface area contributed by atoms with E-state index in [0.717, 1.165) is 24.0 Å². The number of fused-ring (bicyclic) bond motifs is 1. The number of rotatable bonds is 6. The zero-order chi connectivity index (χ0) is 17.5. The molecule has 0 unspecified atom stereocenters. The Hall–Kier alpha value is -2.87. The second-order valence-electron chi connectivity index (χ2n) is 5.97. The number of aryl methyl sites for hydroxylation is 1. The lowest BCUT2D eigenvalue weighted by molar-refractivity contribution is -0.137. The van der Waals surface area contributed by atoms with Crippen LogP contribution in [0.15, 0.2) is 78.9 Å². The summed E-state index contributed by atoms with van der Waals surface area (Å²) in [6, 6.07) is 24.9. The molecule has 25 heavy (non-hydrogen) atoms. The van der Waals surface area contributed by atoms with Crippen LogP contribution in [0.2, 0.25) is 0 Å². The van der Waals surface area contributed by atoms with Gasteiger partial charge in [-0.05, 0) is 47.2 Å². The van der Waals surface area contributed by atoms with Gasteiger partial charge in [-0.3, -0.25) is 0 Å². The lowest BCUT2D eigenvalue weighted by Gasteiger charge is -2.09. The normalized spacial score (nSPS) is 11.5. The predicted molar refractivity (Wildman–Crippen MR) is 103 cm³/mol. The predicted octanol–water partition coefficient (Wildman–Crippen LogP) is 5.42. The van der Waals surface area contributed by atoms with E-state index in [4.69, 9.17) is 4.74 Å². The number of ether oxygens (including phenoxy) is 1. The van der Waals surface area contributed by atoms with E-state index in [1.807, 2.05) is 37.3 Å². The molecule has 0 aliphatic heterocycles. The molecule has 3 aromatic rings. The summed E-state index contributed by atoms with van der Waals surface area (Å²) in [6.07, 6.45) is 3.30. The summed E-state index contributed by atoms with van der Waals surface area (Å²) in [6.45, 7) is 2.21. The molecule has 0 spiro atoms. The van der Waals surface area contributed by atoms with E-state index in [9.17, 15) is 4.79 Å². The number of carbonyl (C=O) groups excluding carboxylic acids is 1. The highest BCUT2D eigenvalue weighted by Gasteiger charge is 2.07. The minimum Gasteiger partial charge on any atom is -0.463 e. The van der Waals surface area contributed by atoms with Crippen LogP contribution in [0.5, 0.6) is 0 Å². The molecule has 0 amide bonds. The summed E-state index contributed by atoms with van der Waals surface area (Å²) in [7, 11) is 0. The minimum atomic E-state index is -0.278. The molecule has 0 atom stereocenters. The minimum absolute atomic E-state index is 0.278. The van der Waals surface area contributed by atoms with Crippen LogP contribution in [0.25, 0.3) is 16.3 Å². The molecule has 0 aliphatic rings. The van der Waals surface area contributed by atoms with Crippen molar-refractivity contribution in [3.63, 3.8) is 0 Å². The molecule has 3 aromatic carbocycles. The summed E-state index contributed by atoms with van der Waals surface area (Å²) in [5.74, 6) is -0.278. The number of esters is 1. The molecule has 0 aromatic heterocycles. The Morgan fingerprint density at radius 2 is 1.64 bits per heavy atom. The Labute approximate surface area is 148 Å². The van der Waals surface area contributed by atoms with Crippen LogP contribution in [0.4, 0.5) is 0 Å². The first-order valence-corrected chi connectivity index (χ1v) is 8.66. The van der Waals surface area contributed by atoms with Gasteiger partial charge in [-0.2, -0.15) is 0 Å². The fraction of sp³-hybridized carbons (Fsp3) is 0.174. The first kappa shape index (κ1) is 17.0. The van der Waals surface area contributed by atoms with Gasteiger partial charge in [0, 0.05) is 6.08 Å². The maximum atomic E-state index is 11.9. The second-order valence-corrected chi connectivity index (χ2v) is 5.97. The second kappa shape index (κ2) is 8.29. The van der Waals surface area contributed by atoms with Crippen molar-refractivity contribution in [1.29, 1.82) is 0 Å². The molecule has 3 rings (SSSR count). The van der Waals surface area contributed by atoms with Gasteiger partial charge in [0.25, 0.3) is 0 Å². The highest BCUT2D eigenvalue weighted by Crippen LogP contribution is 2.23. The first-order chi connectivity index (χ1) is 12.3. The van der Waals surface area contributed by atoms with Crippen LogP contribution in [0.3, 0.4) is 0 Å². The Morgan fingerprint density at radius 1 is 0.920 bits per heavy atom. The molecule has 2 nitrogen and oxygen atoms in total. The third kappa shape index (κ3) is 4.57. The zero-order valence-electron chi connectivity index (χ0n) is 14.4. The van der Waals surface area contributed by atoms with Gasteiger partial charge >= 0.3 is 5.97 Å². The molecule has 0 heterocycles. The highest BCUT2D eigenvalue weighted by molar-refractivity contribution is 5.91. The van der Waals surface area contributed by atoms with Crippen LogP contribution in [-0.2, 0) is 16.0 Å². The molecule has 0 aliphatic carbocycles. The monoisotopic (exact) mass is 330 g/mol. The number of hydrogen-bond acceptors (Lipinski definition) is 2. The maximum Gasteiger partial charge on any atom is 0.331 e. The molecule has 0 saturated carbocycles. The standard InChI is InChI=1S/C23H22O2/c1-2-25-23(24)17-22(19-8-4-3-5-9-19)15-13-18-12-14-20-10-6-7-11-21(20)16-18/h3-12,14,16-17H,2,13,15H2,1H3/b22-17-. The molecule has 0 radical (unpaired) electrons. The molecule has 0 fully saturated rings. The quantitative estimate of drug-likeness (QED) is 0.445. The van der Waals surface area contributed by atoms with Gasteiger partial charge in [0.05, 0.1) is 6.61 Å². The van der Waals surface area contributed by atoms with E-state index in [0.29, 0.717) is 6.61 Å². The van der Waals surface area contributed by atoms with Crippen molar-refractivity contribution in [1.82, 2.24) is 0 Å². The fourth-order valence-corrected chi connectivity index (χ4v) is 2.95. The van der Waals surface area contributed by atoms with E-state index < -0.39 is 0 Å². The number of carbonyl (C=O) groups is 1. The van der Waals surface area contributed by atoms with Crippen molar-refractivity contribution in [3.05, 3.63) is 90.0 Å². The van der Waals surface area contributed by atoms with Crippen LogP contribution in [0, 0.1) is 0 Å². The van der Waals surface area contributed by atoms with Crippen LogP contribution in [-0.4, -0.2) is 12.6 Å². The largest absolute Gasteiger partial charge is 0.463 e. The Kier molecular flexibility index (Phi) is 5.63. The van der Waals surface area contributed by atoms with Gasteiger partial charge in [-0.1, -0.05) is 72.8 Å². The lowest BCUT2D eigenvalue weighted by atomic mass is 9.97. The lowest BCUT2D eigenvalue weighted by Crippen LogP contribution is -2.02. The van der Waals surface area contributed by atoms with Crippen molar-refractivity contribution in [2.24, 2.45) is 0 Å². The van der Waals surface area contributed by atoms with E-state index in [-0.39, 0.29) is 5.97 Å². The van der Waals surface area contributed by atoms with Crippen molar-refractivity contribution in [2.75, 3.05) is 6.61 Å². The first-order valence-electron chi connectivity index (χ1n) is 8.66. The summed E-state index contributed by atoms with van der Waals surface area (Å²) in [5, 5.41) is 2.49. The van der Waals surface area contributed by atoms with Gasteiger partial charge in [-0.15, -0.1) is 0 Å². The Bertz CT molecular complexity index is 879. The van der Waals surface area contributed by atoms with Crippen LogP contribution < -0.4 is 0 Å². The van der Waals surface area contributed by atoms with E-state index in [2.05, 4.69) is 42.5 Å². The van der Waals surface area contributed by atoms with Crippen molar-refractivity contribution >= 4 is 22.3 Å². The smallest absolute Gasteiger partial charge is 0.331 e. The highest BCUT2D eigenvalue weighted by atomic mass is 16.5. The van der Waals surface area contributed by atoms with E-state index in [1.165, 1.54) is 16.3 Å². The van der Waals surface area contributed by atoms with E-state index >= 15 is 0 Å². The van der Waals surface area contributed by atoms with Crippen molar-refractivity contribution in [2.45, 2.75) is 19.8 Å². The van der Waals surface area contributed by atoms with Crippen LogP contribution in [0.1, 0.15) is 24.5 Å². The molecular weight excluding hydrogens is 308 g/mol. The number of hydrogen-bond donors (Lipinski definition) is 0. The molecule has 126 valence electrons. The van der Waals surface area contributed by atoms with Crippen molar-refractivity contribution < 1.29 is 9.53 Å². The zero-order valence-corrected chi connectivity index (χ0v) is 14.4. The molecule has 2 heteroatoms. The van der Waals surface area contributed by atoms with Gasteiger partial charge in [0.2, 0.25) is 0 Å². The molecule has 0 bridgehead atoms. The molecule has 0 N–H and O–H groups in total. The third-order valence-corrected chi connectivity index (χ3v) is 4.22. The van der Waals surface area contributed by atoms with Gasteiger partial charge in [0.15, 0.2) is 0 Å². The van der Waals surface area contributed by atoms with Gasteiger partial charge in [-0.25, -0.2) is 4.79 Å². The fourth-order valence-electron chi connectivity index (χ4n) is 2.95. The molecule has 0 saturated heterocycles. The number of benzene rings is 3. The van der Waals surface area contributed by atoms with Gasteiger partial charge < -0.3 is 4.74 Å². The molecular formula is C23H22O2. The van der Waals surface area contributed by atoms with E-state index in [1.54, 1.807) is 6.08 Å². The Morgan fingerprint density at radius 3 is 2.40 bits per heavy atom. The number of allylic oxidation sites excluding steroid dienone is 1. The topological polar surface area (TPSA) is 26.3 Å². The summed E-state index contributed by atoms with van der Waals surface area (Å²) in [4.78, 5) is 11.9. The SMILES string of the molecule is CCOC(=O)/C=C(/CCc1ccc2ccccc2c1)c1ccccc1. The Balaban J connectivity index is 1.80. The average molecular weight is 330 g/mol. The summed E-state index contributed by atoms with van der Waals surface area (Å²) >= 11 is 0. The third-order valence-electron chi connectivity index (χ3n) is 4.22. The van der Waals surface area contributed by atoms with Gasteiger partial charge in [0.1, 0.15) is 0 Å². The summed E-state index contributed by atoms with van der Waals surface area (Å²) in [5.41, 5.74) is 3.34. The van der Waals surface area contributed by atoms with Crippen molar-refractivity contribution in [3.8, 4) is 0 Å². The summed E-state index contributed by atoms with van der Waals surface area (Å²) < 4.78 is 5.09.